The number of carbonyl (C=O) groups is 5. The highest BCUT2D eigenvalue weighted by Gasteiger charge is 2.69. The van der Waals surface area contributed by atoms with Crippen LogP contribution in [-0.2, 0) is 31.0 Å². The Morgan fingerprint density at radius 3 is 2.25 bits per heavy atom. The van der Waals surface area contributed by atoms with Crippen LogP contribution in [0.3, 0.4) is 0 Å². The molecule has 1 aromatic heterocycles. The third-order valence-electron chi connectivity index (χ3n) is 9.20. The van der Waals surface area contributed by atoms with Gasteiger partial charge in [0.25, 0.3) is 0 Å². The van der Waals surface area contributed by atoms with Crippen molar-refractivity contribution in [2.45, 2.75) is 50.7 Å². The molecule has 6 atom stereocenters. The van der Waals surface area contributed by atoms with Crippen LogP contribution in [-0.4, -0.2) is 94.0 Å². The number of benzene rings is 1. The van der Waals surface area contributed by atoms with Crippen LogP contribution in [0.4, 0.5) is 17.2 Å². The van der Waals surface area contributed by atoms with Crippen molar-refractivity contribution in [1.29, 1.82) is 0 Å². The second kappa shape index (κ2) is 10.4. The van der Waals surface area contributed by atoms with Crippen molar-refractivity contribution < 1.29 is 34.2 Å². The second-order valence-electron chi connectivity index (χ2n) is 13.5. The number of aliphatic hydroxyl groups is 1. The van der Waals surface area contributed by atoms with Gasteiger partial charge in [0.05, 0.1) is 41.3 Å². The fraction of sp³-hybridized carbons (Fsp3) is 0.516. The van der Waals surface area contributed by atoms with Crippen molar-refractivity contribution in [3.05, 3.63) is 35.3 Å². The molecule has 4 unspecified atom stereocenters. The predicted octanol–water partition coefficient (Wildman–Crippen LogP) is 0.764. The average molecular weight is 607 g/mol. The third kappa shape index (κ3) is 4.56. The number of phenolic OH excluding ortho intramolecular Hbond substituents is 1. The van der Waals surface area contributed by atoms with Gasteiger partial charge in [-0.1, -0.05) is 20.8 Å². The number of nitrogens with zero attached hydrogens (tertiary/aromatic N) is 4. The average Bonchev–Trinajstić information content (AvgIpc) is 2.91. The number of carbonyl (C=O) groups excluding carboxylic acids is 5. The minimum Gasteiger partial charge on any atom is -0.505 e. The number of anilines is 3. The lowest BCUT2D eigenvalue weighted by atomic mass is 9.52. The summed E-state index contributed by atoms with van der Waals surface area (Å²) in [6.45, 7) is 6.00. The highest BCUT2D eigenvalue weighted by Crippen LogP contribution is 2.53. The van der Waals surface area contributed by atoms with E-state index in [9.17, 15) is 34.2 Å². The zero-order chi connectivity index (χ0) is 32.6. The first kappa shape index (κ1) is 31.2. The normalized spacial score (nSPS) is 28.3. The van der Waals surface area contributed by atoms with Crippen LogP contribution in [0, 0.1) is 23.7 Å². The van der Waals surface area contributed by atoms with Gasteiger partial charge < -0.3 is 26.2 Å². The summed E-state index contributed by atoms with van der Waals surface area (Å²) in [4.78, 5) is 79.3. The standard InChI is InChI=1S/C31H38N6O7/c1-30(2,3)18-11-34-19(12-33-18)35-16-10-17(36(4)5)14-8-13-9-15-23(37(6)7)26(40)22(29(32)43)28(42)31(15,44)27(41)20(13)25(39)21(14)24(16)38/h10-13,15,20,22-23,38,44H,8-9H2,1-7H3,(H2,32,43)(H,34,35)/t13?,15?,20?,22?,23-,31-/m0/s1. The SMILES string of the molecule is CN(C)c1cc(Nc2cnc(C(C)(C)C)cn2)c(O)c2c1CC1CC3[C@H](N(C)C)C(=O)C(C(N)=O)C(=O)[C@@]3(O)C(=O)C1C2=O. The Morgan fingerprint density at radius 1 is 1.07 bits per heavy atom. The molecule has 1 amide bonds. The highest BCUT2D eigenvalue weighted by atomic mass is 16.3. The number of nitrogens with two attached hydrogens (primary N) is 1. The van der Waals surface area contributed by atoms with Crippen molar-refractivity contribution in [2.75, 3.05) is 38.4 Å². The number of aromatic hydroxyl groups is 1. The Bertz CT molecular complexity index is 1600. The minimum absolute atomic E-state index is 0.0206. The number of Topliss-reactive ketones (excluding diaryl/α,β-unsaturated/α-hetero) is 4. The molecule has 5 N–H and O–H groups in total. The molecule has 2 aromatic rings. The number of phenols is 1. The van der Waals surface area contributed by atoms with Gasteiger partial charge >= 0.3 is 0 Å². The summed E-state index contributed by atoms with van der Waals surface area (Å²) in [6, 6.07) is 0.520. The van der Waals surface area contributed by atoms with Crippen LogP contribution in [0.5, 0.6) is 5.75 Å². The predicted molar refractivity (Wildman–Crippen MR) is 160 cm³/mol. The summed E-state index contributed by atoms with van der Waals surface area (Å²) in [7, 11) is 6.65. The van der Waals surface area contributed by atoms with Crippen molar-refractivity contribution in [3.8, 4) is 5.75 Å². The maximum atomic E-state index is 14.2. The van der Waals surface area contributed by atoms with Gasteiger partial charge in [-0.15, -0.1) is 0 Å². The molecule has 0 bridgehead atoms. The summed E-state index contributed by atoms with van der Waals surface area (Å²) in [5.41, 5.74) is 4.29. The number of hydrogen-bond acceptors (Lipinski definition) is 12. The molecule has 2 fully saturated rings. The number of amides is 1. The van der Waals surface area contributed by atoms with Crippen molar-refractivity contribution >= 4 is 46.2 Å². The number of aromatic nitrogens is 2. The summed E-state index contributed by atoms with van der Waals surface area (Å²) in [5, 5.41) is 26.3. The summed E-state index contributed by atoms with van der Waals surface area (Å²) in [6.07, 6.45) is 3.27. The molecule has 1 heterocycles. The fourth-order valence-corrected chi connectivity index (χ4v) is 7.06. The van der Waals surface area contributed by atoms with Gasteiger partial charge in [-0.2, -0.15) is 0 Å². The number of hydrogen-bond donors (Lipinski definition) is 4. The smallest absolute Gasteiger partial charge is 0.235 e. The van der Waals surface area contributed by atoms with Gasteiger partial charge in [-0.3, -0.25) is 33.9 Å². The topological polar surface area (TPSA) is 196 Å². The van der Waals surface area contributed by atoms with Crippen LogP contribution in [0.1, 0.15) is 48.8 Å². The Hall–Kier alpha value is -4.23. The molecule has 13 nitrogen and oxygen atoms in total. The van der Waals surface area contributed by atoms with Crippen LogP contribution in [0.15, 0.2) is 18.5 Å². The summed E-state index contributed by atoms with van der Waals surface area (Å²) < 4.78 is 0. The molecule has 0 aliphatic heterocycles. The second-order valence-corrected chi connectivity index (χ2v) is 13.5. The van der Waals surface area contributed by atoms with Crippen molar-refractivity contribution in [3.63, 3.8) is 0 Å². The number of fused-ring (bicyclic) bond motifs is 3. The molecule has 234 valence electrons. The van der Waals surface area contributed by atoms with Crippen LogP contribution < -0.4 is 16.0 Å². The first-order valence-electron chi connectivity index (χ1n) is 14.4. The van der Waals surface area contributed by atoms with Gasteiger partial charge in [0.15, 0.2) is 34.7 Å². The molecular weight excluding hydrogens is 568 g/mol. The van der Waals surface area contributed by atoms with Crippen LogP contribution >= 0.6 is 0 Å². The molecule has 0 spiro atoms. The van der Waals surface area contributed by atoms with Gasteiger partial charge in [0, 0.05) is 31.1 Å². The number of ketones is 4. The third-order valence-corrected chi connectivity index (χ3v) is 9.20. The Balaban J connectivity index is 1.60. The fourth-order valence-electron chi connectivity index (χ4n) is 7.06. The zero-order valence-electron chi connectivity index (χ0n) is 25.8. The molecule has 13 heteroatoms. The van der Waals surface area contributed by atoms with Gasteiger partial charge in [-0.25, -0.2) is 4.98 Å². The van der Waals surface area contributed by atoms with E-state index in [0.717, 1.165) is 5.69 Å². The van der Waals surface area contributed by atoms with E-state index in [1.807, 2.05) is 20.8 Å². The molecule has 0 saturated heterocycles. The largest absolute Gasteiger partial charge is 0.505 e. The molecule has 1 aromatic carbocycles. The summed E-state index contributed by atoms with van der Waals surface area (Å²) in [5.74, 6) is -10.7. The quantitative estimate of drug-likeness (QED) is 0.276. The number of nitrogens with one attached hydrogen (secondary N) is 1. The van der Waals surface area contributed by atoms with Gasteiger partial charge in [0.1, 0.15) is 11.6 Å². The van der Waals surface area contributed by atoms with E-state index < -0.39 is 70.1 Å². The first-order chi connectivity index (χ1) is 20.4. The van der Waals surface area contributed by atoms with E-state index in [1.165, 1.54) is 11.1 Å². The van der Waals surface area contributed by atoms with E-state index in [0.29, 0.717) is 17.1 Å². The van der Waals surface area contributed by atoms with E-state index in [-0.39, 0.29) is 29.5 Å². The lowest BCUT2D eigenvalue weighted by Crippen LogP contribution is -2.74. The van der Waals surface area contributed by atoms with Gasteiger partial charge in [-0.05, 0) is 44.5 Å². The minimum atomic E-state index is -2.78. The lowest BCUT2D eigenvalue weighted by molar-refractivity contribution is -0.181. The van der Waals surface area contributed by atoms with E-state index >= 15 is 0 Å². The molecule has 44 heavy (non-hydrogen) atoms. The maximum Gasteiger partial charge on any atom is 0.235 e. The van der Waals surface area contributed by atoms with Crippen LogP contribution in [0.2, 0.25) is 0 Å². The Labute approximate surface area is 254 Å². The Kier molecular flexibility index (Phi) is 7.41. The van der Waals surface area contributed by atoms with Crippen LogP contribution in [0.25, 0.3) is 0 Å². The van der Waals surface area contributed by atoms with E-state index in [1.54, 1.807) is 45.4 Å². The zero-order valence-corrected chi connectivity index (χ0v) is 25.8. The molecule has 2 saturated carbocycles. The number of rotatable bonds is 5. The van der Waals surface area contributed by atoms with Gasteiger partial charge in [0.2, 0.25) is 5.91 Å². The lowest BCUT2D eigenvalue weighted by Gasteiger charge is -2.52. The van der Waals surface area contributed by atoms with E-state index in [4.69, 9.17) is 5.73 Å². The molecule has 3 aliphatic rings. The molecule has 3 aliphatic carbocycles. The molecule has 0 radical (unpaired) electrons. The first-order valence-corrected chi connectivity index (χ1v) is 14.4. The monoisotopic (exact) mass is 606 g/mol. The number of likely N-dealkylation sites (N-methyl/N-ethyl adjacent to an activating group) is 1. The molecular formula is C31H38N6O7. The summed E-state index contributed by atoms with van der Waals surface area (Å²) >= 11 is 0. The maximum absolute atomic E-state index is 14.2. The molecule has 5 rings (SSSR count). The van der Waals surface area contributed by atoms with Crippen molar-refractivity contribution in [2.24, 2.45) is 29.4 Å². The van der Waals surface area contributed by atoms with Crippen molar-refractivity contribution in [1.82, 2.24) is 14.9 Å². The van der Waals surface area contributed by atoms with E-state index in [2.05, 4.69) is 15.3 Å². The Morgan fingerprint density at radius 2 is 1.73 bits per heavy atom. The highest BCUT2D eigenvalue weighted by molar-refractivity contribution is 6.32. The number of primary amides is 1.